The van der Waals surface area contributed by atoms with Gasteiger partial charge in [-0.1, -0.05) is 0 Å². The van der Waals surface area contributed by atoms with Crippen molar-refractivity contribution < 1.29 is 35.1 Å². The largest absolute Gasteiger partial charge is 0.450 e. The van der Waals surface area contributed by atoms with E-state index in [0.29, 0.717) is 25.9 Å². The van der Waals surface area contributed by atoms with Crippen LogP contribution in [0, 0.1) is 0 Å². The summed E-state index contributed by atoms with van der Waals surface area (Å²) in [7, 11) is -8.74. The molecule has 27 heavy (non-hydrogen) atoms. The summed E-state index contributed by atoms with van der Waals surface area (Å²) in [4.78, 5) is 12.2. The van der Waals surface area contributed by atoms with Crippen molar-refractivity contribution in [3.05, 3.63) is 24.3 Å². The number of carbonyl (C=O) groups excluding carboxylic acids is 1. The minimum Gasteiger partial charge on any atom is -0.450 e. The van der Waals surface area contributed by atoms with Crippen LogP contribution >= 0.6 is 0 Å². The van der Waals surface area contributed by atoms with Crippen LogP contribution in [0.15, 0.2) is 34.1 Å². The highest BCUT2D eigenvalue weighted by Crippen LogP contribution is 2.21. The minimum atomic E-state index is -4.78. The normalized spacial score (nSPS) is 16.5. The van der Waals surface area contributed by atoms with Crippen LogP contribution in [0.25, 0.3) is 0 Å². The molecular weight excluding hydrogens is 406 g/mol. The van der Waals surface area contributed by atoms with Crippen molar-refractivity contribution in [3.8, 4) is 0 Å². The summed E-state index contributed by atoms with van der Waals surface area (Å²) in [5.41, 5.74) is 0. The summed E-state index contributed by atoms with van der Waals surface area (Å²) < 4.78 is 80.0. The lowest BCUT2D eigenvalue weighted by molar-refractivity contribution is 0.0966. The van der Waals surface area contributed by atoms with Gasteiger partial charge in [-0.2, -0.15) is 8.78 Å². The second-order valence-corrected chi connectivity index (χ2v) is 9.49. The summed E-state index contributed by atoms with van der Waals surface area (Å²) in [6, 6.07) is 3.18. The summed E-state index contributed by atoms with van der Waals surface area (Å²) in [5, 5.41) is 0. The molecular formula is C15H20F2N2O6S2. The number of piperidine rings is 1. The van der Waals surface area contributed by atoms with Crippen LogP contribution in [0.3, 0.4) is 0 Å². The smallest absolute Gasteiger partial charge is 0.409 e. The van der Waals surface area contributed by atoms with E-state index in [0.717, 1.165) is 24.3 Å². The van der Waals surface area contributed by atoms with E-state index in [1.54, 1.807) is 6.92 Å². The number of benzene rings is 1. The maximum Gasteiger partial charge on any atom is 0.409 e. The third-order valence-corrected chi connectivity index (χ3v) is 6.97. The van der Waals surface area contributed by atoms with E-state index in [4.69, 9.17) is 4.74 Å². The zero-order valence-electron chi connectivity index (χ0n) is 14.5. The molecule has 12 heteroatoms. The molecule has 1 N–H and O–H groups in total. The molecule has 1 aromatic carbocycles. The number of hydrogen-bond acceptors (Lipinski definition) is 6. The van der Waals surface area contributed by atoms with Gasteiger partial charge in [-0.15, -0.1) is 0 Å². The Morgan fingerprint density at radius 2 is 1.67 bits per heavy atom. The van der Waals surface area contributed by atoms with Crippen LogP contribution in [0.1, 0.15) is 19.8 Å². The predicted molar refractivity (Wildman–Crippen MR) is 91.6 cm³/mol. The Hall–Kier alpha value is -1.79. The van der Waals surface area contributed by atoms with Gasteiger partial charge in [-0.05, 0) is 44.0 Å². The molecule has 0 radical (unpaired) electrons. The summed E-state index contributed by atoms with van der Waals surface area (Å²) in [6.07, 6.45) is 0.320. The predicted octanol–water partition coefficient (Wildman–Crippen LogP) is 1.58. The first kappa shape index (κ1) is 21.5. The second kappa shape index (κ2) is 8.48. The van der Waals surface area contributed by atoms with Crippen LogP contribution in [-0.4, -0.2) is 59.3 Å². The number of carbonyl (C=O) groups is 1. The number of sulfonamides is 1. The van der Waals surface area contributed by atoms with Crippen LogP contribution in [0.2, 0.25) is 0 Å². The third-order valence-electron chi connectivity index (χ3n) is 4.04. The SMILES string of the molecule is CCOC(=O)N1CCC(NS(=O)(=O)c2ccc(S(=O)(=O)C(F)F)cc2)CC1. The Kier molecular flexibility index (Phi) is 6.76. The first-order chi connectivity index (χ1) is 12.6. The summed E-state index contributed by atoms with van der Waals surface area (Å²) in [5.74, 6) is -3.58. The molecule has 1 aliphatic heterocycles. The fourth-order valence-electron chi connectivity index (χ4n) is 2.59. The third kappa shape index (κ3) is 5.14. The summed E-state index contributed by atoms with van der Waals surface area (Å²) in [6.45, 7) is 2.61. The number of alkyl halides is 2. The van der Waals surface area contributed by atoms with Crippen molar-refractivity contribution in [1.82, 2.24) is 9.62 Å². The van der Waals surface area contributed by atoms with Gasteiger partial charge in [0.05, 0.1) is 16.4 Å². The molecule has 8 nitrogen and oxygen atoms in total. The minimum absolute atomic E-state index is 0.233. The molecule has 0 aromatic heterocycles. The topological polar surface area (TPSA) is 110 Å². The van der Waals surface area contributed by atoms with E-state index in [1.807, 2.05) is 0 Å². The zero-order chi connectivity index (χ0) is 20.2. The van der Waals surface area contributed by atoms with Gasteiger partial charge in [0.15, 0.2) is 0 Å². The number of halogens is 2. The number of nitrogens with zero attached hydrogens (tertiary/aromatic N) is 1. The molecule has 2 rings (SSSR count). The highest BCUT2D eigenvalue weighted by molar-refractivity contribution is 7.91. The van der Waals surface area contributed by atoms with Crippen molar-refractivity contribution in [3.63, 3.8) is 0 Å². The average molecular weight is 426 g/mol. The van der Waals surface area contributed by atoms with E-state index in [-0.39, 0.29) is 11.5 Å². The van der Waals surface area contributed by atoms with Crippen molar-refractivity contribution in [2.45, 2.75) is 41.4 Å². The maximum atomic E-state index is 12.5. The van der Waals surface area contributed by atoms with Gasteiger partial charge in [-0.3, -0.25) is 0 Å². The standard InChI is InChI=1S/C15H20F2N2O6S2/c1-2-25-15(20)19-9-7-11(8-10-19)18-27(23,24)13-5-3-12(4-6-13)26(21,22)14(16)17/h3-6,11,14,18H,2,7-10H2,1H3. The van der Waals surface area contributed by atoms with Gasteiger partial charge in [0.25, 0.3) is 0 Å². The summed E-state index contributed by atoms with van der Waals surface area (Å²) >= 11 is 0. The number of nitrogens with one attached hydrogen (secondary N) is 1. The Morgan fingerprint density at radius 1 is 1.15 bits per heavy atom. The molecule has 1 saturated heterocycles. The highest BCUT2D eigenvalue weighted by atomic mass is 32.2. The van der Waals surface area contributed by atoms with Crippen molar-refractivity contribution >= 4 is 26.0 Å². The zero-order valence-corrected chi connectivity index (χ0v) is 16.1. The van der Waals surface area contributed by atoms with Crippen LogP contribution in [0.4, 0.5) is 13.6 Å². The van der Waals surface area contributed by atoms with Crippen molar-refractivity contribution in [2.24, 2.45) is 0 Å². The molecule has 0 bridgehead atoms. The molecule has 1 heterocycles. The maximum absolute atomic E-state index is 12.5. The number of sulfone groups is 1. The molecule has 152 valence electrons. The van der Waals surface area contributed by atoms with Crippen LogP contribution < -0.4 is 4.72 Å². The van der Waals surface area contributed by atoms with Gasteiger partial charge >= 0.3 is 11.9 Å². The van der Waals surface area contributed by atoms with E-state index in [2.05, 4.69) is 4.72 Å². The monoisotopic (exact) mass is 426 g/mol. The lowest BCUT2D eigenvalue weighted by Crippen LogP contribution is -2.46. The van der Waals surface area contributed by atoms with Gasteiger partial charge in [0.1, 0.15) is 0 Å². The van der Waals surface area contributed by atoms with E-state index in [1.165, 1.54) is 4.90 Å². The lowest BCUT2D eigenvalue weighted by atomic mass is 10.1. The van der Waals surface area contributed by atoms with Crippen molar-refractivity contribution in [2.75, 3.05) is 19.7 Å². The van der Waals surface area contributed by atoms with E-state index < -0.39 is 42.6 Å². The molecule has 0 unspecified atom stereocenters. The molecule has 1 aromatic rings. The lowest BCUT2D eigenvalue weighted by Gasteiger charge is -2.31. The first-order valence-electron chi connectivity index (χ1n) is 8.14. The fourth-order valence-corrected chi connectivity index (χ4v) is 4.62. The Morgan fingerprint density at radius 3 is 2.15 bits per heavy atom. The molecule has 0 atom stereocenters. The number of ether oxygens (including phenoxy) is 1. The Labute approximate surface area is 156 Å². The highest BCUT2D eigenvalue weighted by Gasteiger charge is 2.29. The fraction of sp³-hybridized carbons (Fsp3) is 0.533. The molecule has 0 spiro atoms. The molecule has 1 amide bonds. The van der Waals surface area contributed by atoms with Crippen LogP contribution in [-0.2, 0) is 24.6 Å². The first-order valence-corrected chi connectivity index (χ1v) is 11.2. The van der Waals surface area contributed by atoms with Gasteiger partial charge in [-0.25, -0.2) is 26.4 Å². The second-order valence-electron chi connectivity index (χ2n) is 5.86. The molecule has 1 fully saturated rings. The van der Waals surface area contributed by atoms with Gasteiger partial charge < -0.3 is 9.64 Å². The quantitative estimate of drug-likeness (QED) is 0.740. The number of amides is 1. The molecule has 1 aliphatic rings. The Balaban J connectivity index is 2.02. The Bertz CT molecular complexity index is 864. The van der Waals surface area contributed by atoms with Gasteiger partial charge in [0.2, 0.25) is 19.9 Å². The number of likely N-dealkylation sites (tertiary alicyclic amines) is 1. The molecule has 0 aliphatic carbocycles. The van der Waals surface area contributed by atoms with Gasteiger partial charge in [0, 0.05) is 19.1 Å². The number of rotatable bonds is 6. The number of hydrogen-bond donors (Lipinski definition) is 1. The van der Waals surface area contributed by atoms with Crippen LogP contribution in [0.5, 0.6) is 0 Å². The van der Waals surface area contributed by atoms with E-state index >= 15 is 0 Å². The van der Waals surface area contributed by atoms with E-state index in [9.17, 15) is 30.4 Å². The van der Waals surface area contributed by atoms with Crippen molar-refractivity contribution in [1.29, 1.82) is 0 Å². The molecule has 0 saturated carbocycles. The average Bonchev–Trinajstić information content (AvgIpc) is 2.62.